The lowest BCUT2D eigenvalue weighted by Crippen LogP contribution is -2.53. The van der Waals surface area contributed by atoms with E-state index in [1.165, 1.54) is 28.7 Å². The number of carbonyl (C=O) groups excluding carboxylic acids is 2. The zero-order valence-corrected chi connectivity index (χ0v) is 34.5. The number of benzene rings is 3. The molecule has 312 valence electrons. The van der Waals surface area contributed by atoms with Crippen LogP contribution >= 0.6 is 11.6 Å². The van der Waals surface area contributed by atoms with Gasteiger partial charge in [-0.2, -0.15) is 4.31 Å². The third-order valence-electron chi connectivity index (χ3n) is 12.2. The van der Waals surface area contributed by atoms with Crippen molar-refractivity contribution < 1.29 is 22.4 Å². The first kappa shape index (κ1) is 40.9. The number of hydrogen-bond acceptors (Lipinski definition) is 10. The van der Waals surface area contributed by atoms with Gasteiger partial charge in [-0.1, -0.05) is 29.8 Å². The molecule has 1 saturated carbocycles. The highest BCUT2D eigenvalue weighted by molar-refractivity contribution is 7.89. The predicted octanol–water partition coefficient (Wildman–Crippen LogP) is 4.22. The van der Waals surface area contributed by atoms with Crippen molar-refractivity contribution in [3.8, 4) is 0 Å². The van der Waals surface area contributed by atoms with Gasteiger partial charge in [0.25, 0.3) is 0 Å². The maximum absolute atomic E-state index is 14.3. The fraction of sp³-hybridized carbons (Fsp3) is 0.429. The fourth-order valence-corrected chi connectivity index (χ4v) is 10.5. The molecule has 1 atom stereocenters. The number of anilines is 2. The van der Waals surface area contributed by atoms with E-state index in [9.17, 15) is 22.4 Å². The first-order valence-corrected chi connectivity index (χ1v) is 22.0. The molecular weight excluding hydrogens is 795 g/mol. The summed E-state index contributed by atoms with van der Waals surface area (Å²) in [6.45, 7) is 3.35. The number of halogens is 2. The summed E-state index contributed by atoms with van der Waals surface area (Å²) in [5.74, 6) is 0.242. The highest BCUT2D eigenvalue weighted by Crippen LogP contribution is 2.59. The number of nitrogens with zero attached hydrogens (tertiary/aromatic N) is 5. The van der Waals surface area contributed by atoms with E-state index in [0.29, 0.717) is 67.8 Å². The van der Waals surface area contributed by atoms with Gasteiger partial charge in [0.2, 0.25) is 21.8 Å². The number of amides is 2. The molecule has 14 nitrogen and oxygen atoms in total. The van der Waals surface area contributed by atoms with Gasteiger partial charge in [0, 0.05) is 62.2 Å². The second kappa shape index (κ2) is 16.6. The third-order valence-corrected chi connectivity index (χ3v) is 14.4. The topological polar surface area (TPSA) is 191 Å². The van der Waals surface area contributed by atoms with Crippen molar-refractivity contribution in [2.45, 2.75) is 74.6 Å². The average Bonchev–Trinajstić information content (AvgIpc) is 4.00. The molecule has 3 aromatic rings. The van der Waals surface area contributed by atoms with Gasteiger partial charge in [0.05, 0.1) is 27.6 Å². The smallest absolute Gasteiger partial charge is 0.243 e. The highest BCUT2D eigenvalue weighted by atomic mass is 35.5. The van der Waals surface area contributed by atoms with Gasteiger partial charge in [-0.05, 0) is 111 Å². The number of fused-ring (bicyclic) bond motifs is 1. The molecule has 3 aromatic carbocycles. The summed E-state index contributed by atoms with van der Waals surface area (Å²) in [6, 6.07) is 17.4. The fourth-order valence-electron chi connectivity index (χ4n) is 8.74. The van der Waals surface area contributed by atoms with Crippen LogP contribution in [0.3, 0.4) is 0 Å². The summed E-state index contributed by atoms with van der Waals surface area (Å²) in [6.07, 6.45) is 5.79. The summed E-state index contributed by atoms with van der Waals surface area (Å²) < 4.78 is 43.7. The van der Waals surface area contributed by atoms with Gasteiger partial charge in [-0.25, -0.2) is 12.8 Å². The lowest BCUT2D eigenvalue weighted by Gasteiger charge is -2.35. The number of nitrogens with one attached hydrogen (secondary N) is 3. The normalized spacial score (nSPS) is 21.5. The molecule has 2 saturated heterocycles. The standard InChI is InChI=1S/C42H50ClFN10O4S/c1-47-35-22-28(5-7-32(35)38(46)48-16-9-37(45)55)27-10-17-52(18-11-27)25-26-3-2-4-31(21-26)59(57,58)53-19-12-30(13-20-53)50-41-49-24-33-39(51-41)54(40(56)42(33)14-15-42)36-23-29(44)6-8-34(36)43/h2-8,21-24,27,30,41,47,50-51H,9-20,25H2,1H3,(H2,45,55)(H2,46,48). The van der Waals surface area contributed by atoms with Gasteiger partial charge in [0.1, 0.15) is 17.5 Å². The van der Waals surface area contributed by atoms with Gasteiger partial charge in [0.15, 0.2) is 6.29 Å². The molecule has 2 amide bonds. The van der Waals surface area contributed by atoms with Crippen molar-refractivity contribution in [1.29, 1.82) is 0 Å². The first-order chi connectivity index (χ1) is 28.4. The molecule has 4 heterocycles. The molecule has 17 heteroatoms. The van der Waals surface area contributed by atoms with E-state index in [2.05, 4.69) is 43.0 Å². The zero-order chi connectivity index (χ0) is 41.5. The second-order valence-corrected chi connectivity index (χ2v) is 18.3. The second-order valence-electron chi connectivity index (χ2n) is 16.0. The number of likely N-dealkylation sites (tertiary alicyclic amines) is 1. The minimum absolute atomic E-state index is 0.0278. The quantitative estimate of drug-likeness (QED) is 0.124. The molecule has 59 heavy (non-hydrogen) atoms. The molecule has 5 aliphatic rings. The van der Waals surface area contributed by atoms with Gasteiger partial charge in [-0.3, -0.25) is 34.7 Å². The van der Waals surface area contributed by atoms with Crippen molar-refractivity contribution in [3.63, 3.8) is 0 Å². The number of hydrogen-bond donors (Lipinski definition) is 5. The summed E-state index contributed by atoms with van der Waals surface area (Å²) >= 11 is 6.45. The van der Waals surface area contributed by atoms with Gasteiger partial charge >= 0.3 is 0 Å². The minimum Gasteiger partial charge on any atom is -0.388 e. The Morgan fingerprint density at radius 1 is 1.03 bits per heavy atom. The zero-order valence-electron chi connectivity index (χ0n) is 33.0. The molecule has 8 rings (SSSR count). The van der Waals surface area contributed by atoms with E-state index in [4.69, 9.17) is 23.1 Å². The number of sulfonamides is 1. The molecule has 4 aliphatic heterocycles. The number of aliphatic imine (C=N–C) groups is 2. The minimum atomic E-state index is -3.72. The Hall–Kier alpha value is -4.87. The number of carbonyl (C=O) groups is 2. The van der Waals surface area contributed by atoms with E-state index in [1.54, 1.807) is 22.7 Å². The van der Waals surface area contributed by atoms with Crippen molar-refractivity contribution in [1.82, 2.24) is 19.8 Å². The number of amidine groups is 1. The van der Waals surface area contributed by atoms with Crippen LogP contribution in [0.4, 0.5) is 15.8 Å². The van der Waals surface area contributed by atoms with Crippen LogP contribution in [0, 0.1) is 11.2 Å². The molecule has 0 aromatic heterocycles. The third kappa shape index (κ3) is 8.33. The largest absolute Gasteiger partial charge is 0.388 e. The maximum atomic E-state index is 14.3. The maximum Gasteiger partial charge on any atom is 0.243 e. The Kier molecular flexibility index (Phi) is 11.5. The van der Waals surface area contributed by atoms with Crippen LogP contribution in [0.1, 0.15) is 67.6 Å². The van der Waals surface area contributed by atoms with Crippen LogP contribution in [0.5, 0.6) is 0 Å². The van der Waals surface area contributed by atoms with Crippen LogP contribution in [-0.2, 0) is 26.2 Å². The summed E-state index contributed by atoms with van der Waals surface area (Å²) in [5.41, 5.74) is 15.7. The van der Waals surface area contributed by atoms with Crippen molar-refractivity contribution in [2.24, 2.45) is 26.9 Å². The Morgan fingerprint density at radius 2 is 1.80 bits per heavy atom. The average molecular weight is 845 g/mol. The van der Waals surface area contributed by atoms with E-state index < -0.39 is 33.5 Å². The molecule has 0 bridgehead atoms. The monoisotopic (exact) mass is 844 g/mol. The van der Waals surface area contributed by atoms with E-state index in [1.807, 2.05) is 25.2 Å². The molecule has 1 spiro atoms. The molecule has 1 aliphatic carbocycles. The van der Waals surface area contributed by atoms with Crippen LogP contribution in [0.25, 0.3) is 0 Å². The van der Waals surface area contributed by atoms with E-state index >= 15 is 0 Å². The molecule has 7 N–H and O–H groups in total. The molecule has 1 unspecified atom stereocenters. The Bertz CT molecular complexity index is 2340. The number of rotatable bonds is 13. The lowest BCUT2D eigenvalue weighted by atomic mass is 9.88. The predicted molar refractivity (Wildman–Crippen MR) is 227 cm³/mol. The Balaban J connectivity index is 0.839. The first-order valence-electron chi connectivity index (χ1n) is 20.2. The highest BCUT2D eigenvalue weighted by Gasteiger charge is 2.61. The van der Waals surface area contributed by atoms with Crippen molar-refractivity contribution >= 4 is 56.9 Å². The SMILES string of the molecule is CNc1cc(C2CCN(Cc3cccc(S(=O)(=O)N4CCC(NC5N=CC6=C(N5)N(c5cc(F)ccc5Cl)C(=O)C65CC5)CC4)c3)CC2)ccc1C(N)=NCCC(N)=O. The summed E-state index contributed by atoms with van der Waals surface area (Å²) in [5, 5.41) is 10.3. The molecule has 3 fully saturated rings. The van der Waals surface area contributed by atoms with Crippen LogP contribution in [0.2, 0.25) is 5.02 Å². The Morgan fingerprint density at radius 3 is 2.51 bits per heavy atom. The van der Waals surface area contributed by atoms with Crippen molar-refractivity contribution in [2.75, 3.05) is 50.0 Å². The van der Waals surface area contributed by atoms with E-state index in [0.717, 1.165) is 48.3 Å². The Labute approximate surface area is 349 Å². The van der Waals surface area contributed by atoms with Crippen LogP contribution in [-0.4, -0.2) is 93.6 Å². The van der Waals surface area contributed by atoms with Gasteiger partial charge in [-0.15, -0.1) is 0 Å². The van der Waals surface area contributed by atoms with Crippen molar-refractivity contribution in [3.05, 3.63) is 99.6 Å². The summed E-state index contributed by atoms with van der Waals surface area (Å²) in [7, 11) is -1.87. The van der Waals surface area contributed by atoms with Crippen LogP contribution in [0.15, 0.2) is 86.9 Å². The molecule has 0 radical (unpaired) electrons. The lowest BCUT2D eigenvalue weighted by molar-refractivity contribution is -0.121. The molecular formula is C42H50ClFN10O4S. The summed E-state index contributed by atoms with van der Waals surface area (Å²) in [4.78, 5) is 37.8. The number of primary amides is 1. The van der Waals surface area contributed by atoms with Crippen LogP contribution < -0.4 is 32.3 Å². The van der Waals surface area contributed by atoms with Gasteiger partial charge < -0.3 is 22.1 Å². The number of piperidine rings is 2. The van der Waals surface area contributed by atoms with E-state index in [-0.39, 0.29) is 35.6 Å². The number of nitrogens with two attached hydrogens (primary N) is 2.